The Kier molecular flexibility index (Phi) is 6.13. The van der Waals surface area contributed by atoms with Gasteiger partial charge in [-0.25, -0.2) is 0 Å². The quantitative estimate of drug-likeness (QED) is 0.410. The summed E-state index contributed by atoms with van der Waals surface area (Å²) < 4.78 is 17.6. The standard InChI is InChI=1S/C23H28O5/c24-12-6-10-17-19(25)15-20-22(17)18-9-5-8-16(23(18)28-20)7-1-3-13-26-21-11-2-4-14-27-21/h5-6,8-10,12,20-22,25H,1-4,7,11,13-15H2/t20-,21?,22-/m1/s1. The molecule has 1 fully saturated rings. The summed E-state index contributed by atoms with van der Waals surface area (Å²) in [5, 5.41) is 10.2. The number of aliphatic hydroxyl groups excluding tert-OH is 1. The van der Waals surface area contributed by atoms with Gasteiger partial charge in [0.25, 0.3) is 0 Å². The van der Waals surface area contributed by atoms with Gasteiger partial charge in [-0.1, -0.05) is 24.3 Å². The summed E-state index contributed by atoms with van der Waals surface area (Å²) in [6.45, 7) is 1.54. The summed E-state index contributed by atoms with van der Waals surface area (Å²) in [7, 11) is 0. The van der Waals surface area contributed by atoms with Gasteiger partial charge in [0.15, 0.2) is 6.29 Å². The number of ether oxygens (including phenoxy) is 3. The number of unbranched alkanes of at least 4 members (excludes halogenated alkanes) is 1. The second-order valence-electron chi connectivity index (χ2n) is 7.69. The molecule has 0 amide bonds. The summed E-state index contributed by atoms with van der Waals surface area (Å²) in [4.78, 5) is 10.7. The predicted octanol–water partition coefficient (Wildman–Crippen LogP) is 4.37. The maximum Gasteiger partial charge on any atom is 0.157 e. The molecule has 1 saturated heterocycles. The second kappa shape index (κ2) is 8.93. The van der Waals surface area contributed by atoms with Crippen LogP contribution in [0, 0.1) is 0 Å². The van der Waals surface area contributed by atoms with Crippen molar-refractivity contribution in [1.82, 2.24) is 0 Å². The van der Waals surface area contributed by atoms with Gasteiger partial charge in [-0.2, -0.15) is 0 Å². The first-order valence-electron chi connectivity index (χ1n) is 10.3. The van der Waals surface area contributed by atoms with Crippen molar-refractivity contribution in [1.29, 1.82) is 0 Å². The zero-order valence-corrected chi connectivity index (χ0v) is 16.1. The number of hydrogen-bond donors (Lipinski definition) is 1. The second-order valence-corrected chi connectivity index (χ2v) is 7.69. The number of carbonyl (C=O) groups is 1. The summed E-state index contributed by atoms with van der Waals surface area (Å²) >= 11 is 0. The summed E-state index contributed by atoms with van der Waals surface area (Å²) in [5.74, 6) is 1.29. The van der Waals surface area contributed by atoms with E-state index < -0.39 is 0 Å². The highest BCUT2D eigenvalue weighted by Gasteiger charge is 2.43. The lowest BCUT2D eigenvalue weighted by atomic mass is 9.90. The minimum Gasteiger partial charge on any atom is -0.512 e. The molecule has 5 heteroatoms. The van der Waals surface area contributed by atoms with Crippen molar-refractivity contribution >= 4 is 6.29 Å². The molecule has 3 aliphatic rings. The number of hydrogen-bond acceptors (Lipinski definition) is 5. The molecule has 1 N–H and O–H groups in total. The van der Waals surface area contributed by atoms with Crippen LogP contribution in [-0.2, 0) is 20.7 Å². The van der Waals surface area contributed by atoms with E-state index in [2.05, 4.69) is 18.2 Å². The van der Waals surface area contributed by atoms with Gasteiger partial charge < -0.3 is 19.3 Å². The Morgan fingerprint density at radius 2 is 2.18 bits per heavy atom. The lowest BCUT2D eigenvalue weighted by molar-refractivity contribution is -0.162. The summed E-state index contributed by atoms with van der Waals surface area (Å²) in [6.07, 6.45) is 10.6. The lowest BCUT2D eigenvalue weighted by Gasteiger charge is -2.22. The number of aryl methyl sites for hydroxylation is 1. The van der Waals surface area contributed by atoms with Gasteiger partial charge in [-0.15, -0.1) is 0 Å². The number of para-hydroxylation sites is 1. The van der Waals surface area contributed by atoms with Gasteiger partial charge in [-0.3, -0.25) is 4.79 Å². The van der Waals surface area contributed by atoms with Gasteiger partial charge in [-0.05, 0) is 50.2 Å². The molecule has 2 heterocycles. The number of carbonyl (C=O) groups excluding carboxylic acids is 1. The number of benzene rings is 1. The van der Waals surface area contributed by atoms with Crippen molar-refractivity contribution in [2.75, 3.05) is 13.2 Å². The maximum atomic E-state index is 10.7. The first kappa shape index (κ1) is 19.2. The Balaban J connectivity index is 1.35. The van der Waals surface area contributed by atoms with Crippen LogP contribution in [0.25, 0.3) is 0 Å². The molecular weight excluding hydrogens is 356 g/mol. The molecule has 150 valence electrons. The zero-order chi connectivity index (χ0) is 19.3. The fraction of sp³-hybridized carbons (Fsp3) is 0.522. The number of aliphatic hydroxyl groups is 1. The van der Waals surface area contributed by atoms with Crippen molar-refractivity contribution < 1.29 is 24.1 Å². The molecule has 0 radical (unpaired) electrons. The molecule has 28 heavy (non-hydrogen) atoms. The van der Waals surface area contributed by atoms with Gasteiger partial charge in [0, 0.05) is 30.8 Å². The maximum absolute atomic E-state index is 10.7. The van der Waals surface area contributed by atoms with Crippen LogP contribution in [0.2, 0.25) is 0 Å². The molecule has 0 saturated carbocycles. The monoisotopic (exact) mass is 384 g/mol. The van der Waals surface area contributed by atoms with Crippen LogP contribution in [0.4, 0.5) is 0 Å². The third-order valence-corrected chi connectivity index (χ3v) is 5.80. The van der Waals surface area contributed by atoms with Crippen molar-refractivity contribution in [3.05, 3.63) is 52.8 Å². The van der Waals surface area contributed by atoms with E-state index in [1.54, 1.807) is 6.08 Å². The fourth-order valence-corrected chi connectivity index (χ4v) is 4.44. The number of allylic oxidation sites excluding steroid dienone is 2. The first-order chi connectivity index (χ1) is 13.8. The van der Waals surface area contributed by atoms with Gasteiger partial charge in [0.2, 0.25) is 0 Å². The van der Waals surface area contributed by atoms with E-state index in [0.29, 0.717) is 12.2 Å². The van der Waals surface area contributed by atoms with E-state index in [-0.39, 0.29) is 18.3 Å². The molecule has 3 atom stereocenters. The third kappa shape index (κ3) is 4.01. The highest BCUT2D eigenvalue weighted by Crippen LogP contribution is 2.51. The zero-order valence-electron chi connectivity index (χ0n) is 16.1. The SMILES string of the molecule is O=CC=CC1=C(O)C[C@H]2Oc3c(CCCCOC4CCCCO4)cccc3[C@@H]12. The predicted molar refractivity (Wildman–Crippen MR) is 106 cm³/mol. The van der Waals surface area contributed by atoms with Crippen LogP contribution < -0.4 is 4.74 Å². The van der Waals surface area contributed by atoms with E-state index in [1.165, 1.54) is 18.1 Å². The minimum atomic E-state index is -0.0748. The molecule has 4 rings (SSSR count). The summed E-state index contributed by atoms with van der Waals surface area (Å²) in [5.41, 5.74) is 3.12. The smallest absolute Gasteiger partial charge is 0.157 e. The largest absolute Gasteiger partial charge is 0.512 e. The molecule has 5 nitrogen and oxygen atoms in total. The molecule has 0 spiro atoms. The van der Waals surface area contributed by atoms with Crippen LogP contribution in [-0.4, -0.2) is 37.0 Å². The van der Waals surface area contributed by atoms with Crippen molar-refractivity contribution in [2.24, 2.45) is 0 Å². The van der Waals surface area contributed by atoms with E-state index in [4.69, 9.17) is 14.2 Å². The van der Waals surface area contributed by atoms with Crippen LogP contribution >= 0.6 is 0 Å². The summed E-state index contributed by atoms with van der Waals surface area (Å²) in [6, 6.07) is 6.25. The molecule has 1 unspecified atom stereocenters. The number of rotatable bonds is 8. The van der Waals surface area contributed by atoms with Crippen molar-refractivity contribution in [3.8, 4) is 5.75 Å². The Labute approximate surface area is 166 Å². The number of aldehydes is 1. The Morgan fingerprint density at radius 1 is 1.25 bits per heavy atom. The molecule has 1 aromatic rings. The van der Waals surface area contributed by atoms with Gasteiger partial charge in [0.05, 0.1) is 11.7 Å². The average molecular weight is 384 g/mol. The minimum absolute atomic E-state index is 0.0120. The Morgan fingerprint density at radius 3 is 3.00 bits per heavy atom. The topological polar surface area (TPSA) is 65.0 Å². The molecule has 2 aliphatic heterocycles. The Hall–Kier alpha value is -2.11. The molecule has 1 aromatic carbocycles. The fourth-order valence-electron chi connectivity index (χ4n) is 4.44. The van der Waals surface area contributed by atoms with Crippen molar-refractivity contribution in [2.45, 2.75) is 63.3 Å². The highest BCUT2D eigenvalue weighted by molar-refractivity contribution is 5.67. The molecule has 0 bridgehead atoms. The van der Waals surface area contributed by atoms with Crippen LogP contribution in [0.5, 0.6) is 5.75 Å². The van der Waals surface area contributed by atoms with Gasteiger partial charge >= 0.3 is 0 Å². The average Bonchev–Trinajstić information content (AvgIpc) is 3.22. The van der Waals surface area contributed by atoms with Crippen molar-refractivity contribution in [3.63, 3.8) is 0 Å². The van der Waals surface area contributed by atoms with E-state index >= 15 is 0 Å². The molecular formula is C23H28O5. The van der Waals surface area contributed by atoms with Crippen LogP contribution in [0.1, 0.15) is 55.6 Å². The number of fused-ring (bicyclic) bond motifs is 3. The highest BCUT2D eigenvalue weighted by atomic mass is 16.7. The lowest BCUT2D eigenvalue weighted by Crippen LogP contribution is -2.22. The third-order valence-electron chi connectivity index (χ3n) is 5.80. The van der Waals surface area contributed by atoms with E-state index in [1.807, 2.05) is 0 Å². The van der Waals surface area contributed by atoms with E-state index in [9.17, 15) is 9.90 Å². The van der Waals surface area contributed by atoms with Gasteiger partial charge in [0.1, 0.15) is 18.1 Å². The molecule has 0 aromatic heterocycles. The normalized spacial score (nSPS) is 26.4. The Bertz CT molecular complexity index is 760. The van der Waals surface area contributed by atoms with Crippen LogP contribution in [0.15, 0.2) is 41.7 Å². The van der Waals surface area contributed by atoms with E-state index in [0.717, 1.165) is 68.5 Å². The van der Waals surface area contributed by atoms with Crippen LogP contribution in [0.3, 0.4) is 0 Å². The molecule has 1 aliphatic carbocycles. The first-order valence-corrected chi connectivity index (χ1v) is 10.3.